The number of nitrogens with one attached hydrogen (secondary N) is 1. The van der Waals surface area contributed by atoms with Crippen LogP contribution >= 0.6 is 0 Å². The third kappa shape index (κ3) is 28.7. The average Bonchev–Trinajstić information content (AvgIpc) is 2.88. The molecule has 0 fully saturated rings. The first kappa shape index (κ1) is 38.3. The summed E-state index contributed by atoms with van der Waals surface area (Å²) in [5.74, 6) is -0.890. The van der Waals surface area contributed by atoms with Crippen LogP contribution in [0.3, 0.4) is 0 Å². The number of unbranched alkanes of at least 4 members (excludes halogenated alkanes) is 22. The molecule has 0 saturated heterocycles. The number of hydrogen-bond donors (Lipinski definition) is 3. The third-order valence-corrected chi connectivity index (χ3v) is 8.59. The van der Waals surface area contributed by atoms with Gasteiger partial charge in [-0.3, -0.25) is 9.35 Å². The van der Waals surface area contributed by atoms with Crippen LogP contribution in [0, 0.1) is 0 Å². The molecule has 0 aromatic carbocycles. The van der Waals surface area contributed by atoms with Crippen LogP contribution < -0.4 is 5.32 Å². The summed E-state index contributed by atoms with van der Waals surface area (Å²) in [7, 11) is -4.29. The van der Waals surface area contributed by atoms with Gasteiger partial charge in [0.1, 0.15) is 0 Å². The van der Waals surface area contributed by atoms with Gasteiger partial charge >= 0.3 is 0 Å². The lowest BCUT2D eigenvalue weighted by atomic mass is 10.0. The molecule has 2 atom stereocenters. The first-order chi connectivity index (χ1) is 18.8. The molecule has 0 saturated carbocycles. The number of aliphatic hydroxyl groups excluding tert-OH is 1. The highest BCUT2D eigenvalue weighted by molar-refractivity contribution is 7.85. The van der Waals surface area contributed by atoms with Crippen LogP contribution in [0.2, 0.25) is 0 Å². The maximum absolute atomic E-state index is 12.4. The van der Waals surface area contributed by atoms with Crippen molar-refractivity contribution in [2.45, 2.75) is 193 Å². The Balaban J connectivity index is 3.92. The van der Waals surface area contributed by atoms with E-state index in [4.69, 9.17) is 0 Å². The minimum Gasteiger partial charge on any atom is -0.391 e. The fourth-order valence-electron chi connectivity index (χ4n) is 5.28. The number of rotatable bonds is 30. The molecule has 0 aromatic heterocycles. The molecule has 0 bridgehead atoms. The summed E-state index contributed by atoms with van der Waals surface area (Å²) in [6, 6.07) is -0.960. The molecule has 0 aromatic rings. The second kappa shape index (κ2) is 27.5. The van der Waals surface area contributed by atoms with Gasteiger partial charge in [0.05, 0.1) is 17.9 Å². The summed E-state index contributed by atoms with van der Waals surface area (Å²) in [6.45, 7) is 4.47. The summed E-state index contributed by atoms with van der Waals surface area (Å²) in [4.78, 5) is 12.4. The summed E-state index contributed by atoms with van der Waals surface area (Å²) in [5.41, 5.74) is 0. The zero-order valence-electron chi connectivity index (χ0n) is 25.8. The van der Waals surface area contributed by atoms with Crippen molar-refractivity contribution < 1.29 is 22.9 Å². The van der Waals surface area contributed by atoms with Crippen molar-refractivity contribution in [3.63, 3.8) is 0 Å². The molecule has 6 nitrogen and oxygen atoms in total. The Morgan fingerprint density at radius 3 is 1.28 bits per heavy atom. The predicted octanol–water partition coefficient (Wildman–Crippen LogP) is 8.90. The van der Waals surface area contributed by atoms with Gasteiger partial charge in [0, 0.05) is 6.42 Å². The van der Waals surface area contributed by atoms with Crippen LogP contribution in [0.5, 0.6) is 0 Å². The lowest BCUT2D eigenvalue weighted by Crippen LogP contribution is -2.47. The van der Waals surface area contributed by atoms with E-state index in [1.165, 1.54) is 116 Å². The summed E-state index contributed by atoms with van der Waals surface area (Å²) >= 11 is 0. The van der Waals surface area contributed by atoms with Crippen molar-refractivity contribution in [1.29, 1.82) is 0 Å². The van der Waals surface area contributed by atoms with Gasteiger partial charge < -0.3 is 10.4 Å². The standard InChI is InChI=1S/C32H65NO5S/c1-3-5-7-9-11-13-14-15-16-17-18-20-21-23-25-27-31(34)30(29-39(36,37)38)33-32(35)28-26-24-22-19-12-10-8-6-4-2/h30-31,34H,3-29H2,1-2H3,(H,33,35)(H,36,37,38). The molecule has 0 heterocycles. The van der Waals surface area contributed by atoms with E-state index in [-0.39, 0.29) is 5.91 Å². The molecule has 0 rings (SSSR count). The topological polar surface area (TPSA) is 104 Å². The van der Waals surface area contributed by atoms with Crippen molar-refractivity contribution in [2.75, 3.05) is 5.75 Å². The van der Waals surface area contributed by atoms with Crippen LogP contribution in [0.1, 0.15) is 181 Å². The van der Waals surface area contributed by atoms with Gasteiger partial charge in [-0.25, -0.2) is 0 Å². The normalized spacial score (nSPS) is 13.4. The molecule has 1 amide bonds. The molecule has 0 aliphatic carbocycles. The Kier molecular flexibility index (Phi) is 27.0. The molecule has 2 unspecified atom stereocenters. The fourth-order valence-corrected chi connectivity index (χ4v) is 6.04. The molecule has 0 spiro atoms. The zero-order valence-corrected chi connectivity index (χ0v) is 26.6. The van der Waals surface area contributed by atoms with Gasteiger partial charge in [-0.2, -0.15) is 8.42 Å². The monoisotopic (exact) mass is 575 g/mol. The maximum Gasteiger partial charge on any atom is 0.266 e. The van der Waals surface area contributed by atoms with Crippen LogP contribution in [0.4, 0.5) is 0 Å². The quantitative estimate of drug-likeness (QED) is 0.0586. The van der Waals surface area contributed by atoms with Crippen LogP contribution in [0.25, 0.3) is 0 Å². The van der Waals surface area contributed by atoms with Crippen molar-refractivity contribution in [3.05, 3.63) is 0 Å². The van der Waals surface area contributed by atoms with Gasteiger partial charge in [0.25, 0.3) is 10.1 Å². The van der Waals surface area contributed by atoms with Gasteiger partial charge in [0.15, 0.2) is 0 Å². The van der Waals surface area contributed by atoms with Crippen LogP contribution in [-0.2, 0) is 14.9 Å². The van der Waals surface area contributed by atoms with E-state index in [0.717, 1.165) is 38.5 Å². The van der Waals surface area contributed by atoms with Crippen LogP contribution in [0.15, 0.2) is 0 Å². The van der Waals surface area contributed by atoms with Crippen molar-refractivity contribution in [3.8, 4) is 0 Å². The molecule has 3 N–H and O–H groups in total. The highest BCUT2D eigenvalue weighted by Gasteiger charge is 2.26. The summed E-state index contributed by atoms with van der Waals surface area (Å²) < 4.78 is 32.2. The van der Waals surface area contributed by atoms with Crippen molar-refractivity contribution in [2.24, 2.45) is 0 Å². The molecule has 234 valence electrons. The molecule has 39 heavy (non-hydrogen) atoms. The fraction of sp³-hybridized carbons (Fsp3) is 0.969. The second-order valence-electron chi connectivity index (χ2n) is 11.8. The van der Waals surface area contributed by atoms with Gasteiger partial charge in [-0.1, -0.05) is 162 Å². The number of aliphatic hydroxyl groups is 1. The molecule has 0 radical (unpaired) electrons. The number of carbonyl (C=O) groups excluding carboxylic acids is 1. The largest absolute Gasteiger partial charge is 0.391 e. The lowest BCUT2D eigenvalue weighted by Gasteiger charge is -2.23. The molecular formula is C32H65NO5S. The minimum absolute atomic E-state index is 0.248. The molecule has 0 aliphatic rings. The summed E-state index contributed by atoms with van der Waals surface area (Å²) in [6.07, 6.45) is 29.1. The molecular weight excluding hydrogens is 510 g/mol. The Morgan fingerprint density at radius 2 is 0.923 bits per heavy atom. The molecule has 0 aliphatic heterocycles. The van der Waals surface area contributed by atoms with E-state index in [0.29, 0.717) is 12.8 Å². The number of hydrogen-bond acceptors (Lipinski definition) is 4. The van der Waals surface area contributed by atoms with E-state index in [9.17, 15) is 22.9 Å². The summed E-state index contributed by atoms with van der Waals surface area (Å²) in [5, 5.41) is 13.2. The van der Waals surface area contributed by atoms with Crippen LogP contribution in [-0.4, -0.2) is 41.9 Å². The first-order valence-electron chi connectivity index (χ1n) is 16.7. The first-order valence-corrected chi connectivity index (χ1v) is 18.3. The third-order valence-electron chi connectivity index (χ3n) is 7.81. The average molecular weight is 576 g/mol. The molecule has 7 heteroatoms. The Labute approximate surface area is 242 Å². The van der Waals surface area contributed by atoms with Crippen molar-refractivity contribution >= 4 is 16.0 Å². The highest BCUT2D eigenvalue weighted by Crippen LogP contribution is 2.15. The van der Waals surface area contributed by atoms with Crippen molar-refractivity contribution in [1.82, 2.24) is 5.32 Å². The van der Waals surface area contributed by atoms with Gasteiger partial charge in [-0.05, 0) is 12.8 Å². The Morgan fingerprint density at radius 1 is 0.590 bits per heavy atom. The van der Waals surface area contributed by atoms with E-state index in [1.807, 2.05) is 0 Å². The van der Waals surface area contributed by atoms with Gasteiger partial charge in [-0.15, -0.1) is 0 Å². The Bertz CT molecular complexity index is 640. The number of carbonyl (C=O) groups is 1. The van der Waals surface area contributed by atoms with E-state index in [1.54, 1.807) is 0 Å². The zero-order chi connectivity index (χ0) is 29.0. The predicted molar refractivity (Wildman–Crippen MR) is 166 cm³/mol. The highest BCUT2D eigenvalue weighted by atomic mass is 32.2. The Hall–Kier alpha value is -0.660. The second-order valence-corrected chi connectivity index (χ2v) is 13.3. The van der Waals surface area contributed by atoms with E-state index >= 15 is 0 Å². The maximum atomic E-state index is 12.4. The number of amides is 1. The van der Waals surface area contributed by atoms with E-state index in [2.05, 4.69) is 19.2 Å². The SMILES string of the molecule is CCCCCCCCCCCCCCCCCC(O)C(CS(=O)(=O)O)NC(=O)CCCCCCCCCCC. The van der Waals surface area contributed by atoms with E-state index < -0.39 is 28.0 Å². The lowest BCUT2D eigenvalue weighted by molar-refractivity contribution is -0.122. The van der Waals surface area contributed by atoms with Gasteiger partial charge in [0.2, 0.25) is 5.91 Å². The smallest absolute Gasteiger partial charge is 0.266 e. The minimum atomic E-state index is -4.29.